The summed E-state index contributed by atoms with van der Waals surface area (Å²) in [7, 11) is 0. The van der Waals surface area contributed by atoms with Crippen LogP contribution in [0.1, 0.15) is 17.5 Å². The van der Waals surface area contributed by atoms with Crippen LogP contribution in [0.15, 0.2) is 71.9 Å². The van der Waals surface area contributed by atoms with Crippen LogP contribution < -0.4 is 15.4 Å². The van der Waals surface area contributed by atoms with Gasteiger partial charge in [0.05, 0.1) is 10.9 Å². The molecule has 4 rings (SSSR count). The number of hydrogen-bond donors (Lipinski definition) is 2. The van der Waals surface area contributed by atoms with E-state index in [0.717, 1.165) is 21.8 Å². The van der Waals surface area contributed by atoms with E-state index in [1.165, 1.54) is 11.8 Å². The van der Waals surface area contributed by atoms with Crippen LogP contribution in [0.4, 0.5) is 5.69 Å². The predicted octanol–water partition coefficient (Wildman–Crippen LogP) is 4.43. The third-order valence-electron chi connectivity index (χ3n) is 4.67. The van der Waals surface area contributed by atoms with Gasteiger partial charge in [0.25, 0.3) is 0 Å². The third kappa shape index (κ3) is 5.77. The van der Waals surface area contributed by atoms with Crippen molar-refractivity contribution in [2.24, 2.45) is 0 Å². The molecule has 0 saturated heterocycles. The summed E-state index contributed by atoms with van der Waals surface area (Å²) in [4.78, 5) is 29.6. The van der Waals surface area contributed by atoms with Gasteiger partial charge in [-0.25, -0.2) is 0 Å². The first-order chi connectivity index (χ1) is 15.1. The molecule has 1 unspecified atom stereocenters. The van der Waals surface area contributed by atoms with Crippen molar-refractivity contribution >= 4 is 40.9 Å². The Hall–Kier alpha value is -3.03. The van der Waals surface area contributed by atoms with Gasteiger partial charge in [0.1, 0.15) is 12.4 Å². The van der Waals surface area contributed by atoms with E-state index in [0.29, 0.717) is 23.9 Å². The van der Waals surface area contributed by atoms with Crippen molar-refractivity contribution in [1.82, 2.24) is 10.3 Å². The molecule has 2 aromatic carbocycles. The fourth-order valence-corrected chi connectivity index (χ4v) is 4.31. The largest absolute Gasteiger partial charge is 0.489 e. The average Bonchev–Trinajstić information content (AvgIpc) is 2.78. The lowest BCUT2D eigenvalue weighted by atomic mass is 10.2. The second-order valence-corrected chi connectivity index (χ2v) is 8.69. The van der Waals surface area contributed by atoms with Crippen molar-refractivity contribution in [3.8, 4) is 5.75 Å². The lowest BCUT2D eigenvalue weighted by Gasteiger charge is -2.23. The highest BCUT2D eigenvalue weighted by molar-refractivity contribution is 8.01. The molecule has 0 fully saturated rings. The minimum absolute atomic E-state index is 0.102. The molecule has 1 aliphatic rings. The molecule has 0 spiro atoms. The number of aromatic nitrogens is 1. The maximum absolute atomic E-state index is 12.4. The fraction of sp³-hybridized carbons (Fsp3) is 0.174. The Bertz CT molecular complexity index is 1080. The van der Waals surface area contributed by atoms with Crippen LogP contribution in [-0.4, -0.2) is 22.0 Å². The highest BCUT2D eigenvalue weighted by atomic mass is 35.5. The number of pyridine rings is 1. The highest BCUT2D eigenvalue weighted by Gasteiger charge is 2.29. The van der Waals surface area contributed by atoms with Crippen molar-refractivity contribution in [3.63, 3.8) is 0 Å². The van der Waals surface area contributed by atoms with E-state index >= 15 is 0 Å². The molecule has 158 valence electrons. The number of ether oxygens (including phenoxy) is 1. The molecule has 2 heterocycles. The second-order valence-electron chi connectivity index (χ2n) is 7.01. The monoisotopic (exact) mass is 453 g/mol. The number of nitrogens with one attached hydrogen (secondary N) is 2. The zero-order valence-electron chi connectivity index (χ0n) is 16.5. The van der Waals surface area contributed by atoms with Gasteiger partial charge in [-0.1, -0.05) is 29.8 Å². The number of thioether (sulfide) groups is 1. The number of carbonyl (C=O) groups is 2. The minimum atomic E-state index is -0.475. The lowest BCUT2D eigenvalue weighted by Crippen LogP contribution is -2.34. The van der Waals surface area contributed by atoms with Gasteiger partial charge in [0, 0.05) is 40.8 Å². The number of halogens is 1. The molecule has 2 N–H and O–H groups in total. The average molecular weight is 454 g/mol. The Kier molecular flexibility index (Phi) is 6.74. The summed E-state index contributed by atoms with van der Waals surface area (Å²) in [5, 5.41) is 5.78. The third-order valence-corrected chi connectivity index (χ3v) is 6.18. The van der Waals surface area contributed by atoms with E-state index < -0.39 is 5.25 Å². The van der Waals surface area contributed by atoms with Crippen LogP contribution in [0.25, 0.3) is 0 Å². The fourth-order valence-electron chi connectivity index (χ4n) is 3.05. The molecule has 31 heavy (non-hydrogen) atoms. The smallest absolute Gasteiger partial charge is 0.238 e. The van der Waals surface area contributed by atoms with Crippen LogP contribution in [0, 0.1) is 0 Å². The number of fused-ring (bicyclic) bond motifs is 1. The number of nitrogens with zero attached hydrogens (tertiary/aromatic N) is 1. The van der Waals surface area contributed by atoms with Crippen molar-refractivity contribution in [2.45, 2.75) is 29.7 Å². The number of amides is 2. The number of anilines is 1. The summed E-state index contributed by atoms with van der Waals surface area (Å²) in [6, 6.07) is 16.7. The molecule has 0 bridgehead atoms. The molecule has 0 radical (unpaired) electrons. The van der Waals surface area contributed by atoms with Crippen molar-refractivity contribution in [1.29, 1.82) is 0 Å². The van der Waals surface area contributed by atoms with Gasteiger partial charge < -0.3 is 15.4 Å². The van der Waals surface area contributed by atoms with Crippen LogP contribution in [-0.2, 0) is 22.7 Å². The zero-order chi connectivity index (χ0) is 21.6. The van der Waals surface area contributed by atoms with Gasteiger partial charge in [-0.2, -0.15) is 0 Å². The molecule has 2 amide bonds. The first-order valence-electron chi connectivity index (χ1n) is 9.71. The van der Waals surface area contributed by atoms with Gasteiger partial charge in [-0.05, 0) is 42.0 Å². The molecule has 0 saturated carbocycles. The topological polar surface area (TPSA) is 80.3 Å². The minimum Gasteiger partial charge on any atom is -0.489 e. The first kappa shape index (κ1) is 21.2. The first-order valence-corrected chi connectivity index (χ1v) is 11.0. The Morgan fingerprint density at radius 3 is 2.77 bits per heavy atom. The molecule has 1 aliphatic heterocycles. The summed E-state index contributed by atoms with van der Waals surface area (Å²) < 4.78 is 5.74. The van der Waals surface area contributed by atoms with Gasteiger partial charge in [0.15, 0.2) is 0 Å². The molecule has 1 atom stereocenters. The Labute approximate surface area is 189 Å². The maximum atomic E-state index is 12.4. The molecule has 0 aliphatic carbocycles. The van der Waals surface area contributed by atoms with Crippen LogP contribution >= 0.6 is 23.4 Å². The van der Waals surface area contributed by atoms with Gasteiger partial charge in [-0.15, -0.1) is 11.8 Å². The van der Waals surface area contributed by atoms with E-state index in [1.807, 2.05) is 42.5 Å². The number of hydrogen-bond acceptors (Lipinski definition) is 5. The number of carbonyl (C=O) groups excluding carboxylic acids is 2. The highest BCUT2D eigenvalue weighted by Crippen LogP contribution is 2.38. The van der Waals surface area contributed by atoms with Crippen molar-refractivity contribution < 1.29 is 14.3 Å². The summed E-state index contributed by atoms with van der Waals surface area (Å²) in [6.45, 7) is 0.827. The number of benzene rings is 2. The second kappa shape index (κ2) is 9.85. The molecular weight excluding hydrogens is 434 g/mol. The van der Waals surface area contributed by atoms with E-state index in [1.54, 1.807) is 24.5 Å². The van der Waals surface area contributed by atoms with Gasteiger partial charge >= 0.3 is 0 Å². The van der Waals surface area contributed by atoms with E-state index in [2.05, 4.69) is 15.6 Å². The molecule has 8 heteroatoms. The van der Waals surface area contributed by atoms with Crippen molar-refractivity contribution in [2.75, 3.05) is 5.32 Å². The summed E-state index contributed by atoms with van der Waals surface area (Å²) in [6.07, 6.45) is 3.59. The summed E-state index contributed by atoms with van der Waals surface area (Å²) in [5.74, 6) is 0.375. The zero-order valence-corrected chi connectivity index (χ0v) is 18.1. The van der Waals surface area contributed by atoms with Crippen LogP contribution in [0.2, 0.25) is 5.02 Å². The predicted molar refractivity (Wildman–Crippen MR) is 121 cm³/mol. The standard InChI is InChI=1S/C23H20ClN3O3S/c24-17-5-8-20-19(10-17)27-23(29)21(31-20)11-22(28)26-13-15-3-6-18(7-4-15)30-14-16-2-1-9-25-12-16/h1-10,12,21H,11,13-14H2,(H,26,28)(H,27,29). The molecular formula is C23H20ClN3O3S. The van der Waals surface area contributed by atoms with E-state index in [-0.39, 0.29) is 18.2 Å². The Morgan fingerprint density at radius 2 is 2.00 bits per heavy atom. The number of rotatable bonds is 7. The van der Waals surface area contributed by atoms with E-state index in [4.69, 9.17) is 16.3 Å². The maximum Gasteiger partial charge on any atom is 0.238 e. The van der Waals surface area contributed by atoms with Gasteiger partial charge in [-0.3, -0.25) is 14.6 Å². The Balaban J connectivity index is 1.25. The van der Waals surface area contributed by atoms with Crippen molar-refractivity contribution in [3.05, 3.63) is 83.1 Å². The SMILES string of the molecule is O=C(CC1Sc2ccc(Cl)cc2NC1=O)NCc1ccc(OCc2cccnc2)cc1. The van der Waals surface area contributed by atoms with E-state index in [9.17, 15) is 9.59 Å². The lowest BCUT2D eigenvalue weighted by molar-refractivity contribution is -0.124. The normalized spacial score (nSPS) is 15.0. The Morgan fingerprint density at radius 1 is 1.16 bits per heavy atom. The quantitative estimate of drug-likeness (QED) is 0.553. The summed E-state index contributed by atoms with van der Waals surface area (Å²) >= 11 is 7.34. The van der Waals surface area contributed by atoms with Crippen LogP contribution in [0.5, 0.6) is 5.75 Å². The molecule has 1 aromatic heterocycles. The van der Waals surface area contributed by atoms with Gasteiger partial charge in [0.2, 0.25) is 11.8 Å². The molecule has 3 aromatic rings. The van der Waals surface area contributed by atoms with Crippen LogP contribution in [0.3, 0.4) is 0 Å². The summed E-state index contributed by atoms with van der Waals surface area (Å²) in [5.41, 5.74) is 2.63. The molecule has 6 nitrogen and oxygen atoms in total.